The van der Waals surface area contributed by atoms with Crippen molar-refractivity contribution in [3.05, 3.63) is 54.1 Å². The van der Waals surface area contributed by atoms with E-state index in [1.54, 1.807) is 43.5 Å². The Bertz CT molecular complexity index is 565. The van der Waals surface area contributed by atoms with Gasteiger partial charge in [-0.2, -0.15) is 0 Å². The van der Waals surface area contributed by atoms with Crippen molar-refractivity contribution >= 4 is 17.3 Å². The number of carbonyl (C=O) groups is 1. The summed E-state index contributed by atoms with van der Waals surface area (Å²) < 4.78 is 5.07. The Morgan fingerprint density at radius 1 is 1.05 bits per heavy atom. The van der Waals surface area contributed by atoms with Crippen molar-refractivity contribution < 1.29 is 9.53 Å². The van der Waals surface area contributed by atoms with E-state index in [9.17, 15) is 4.79 Å². The Labute approximate surface area is 112 Å². The molecule has 0 aliphatic rings. The minimum absolute atomic E-state index is 0.137. The zero-order chi connectivity index (χ0) is 13.7. The first-order valence-corrected chi connectivity index (χ1v) is 5.96. The molecule has 0 aromatic heterocycles. The molecule has 2 aromatic rings. The number of amides is 1. The number of methoxy groups -OCH3 is 1. The van der Waals surface area contributed by atoms with E-state index in [-0.39, 0.29) is 5.91 Å². The molecule has 0 radical (unpaired) electrons. The maximum Gasteiger partial charge on any atom is 0.255 e. The van der Waals surface area contributed by atoms with Crippen LogP contribution in [0.25, 0.3) is 0 Å². The first-order valence-electron chi connectivity index (χ1n) is 5.96. The lowest BCUT2D eigenvalue weighted by Gasteiger charge is -2.07. The Morgan fingerprint density at radius 2 is 1.79 bits per heavy atom. The summed E-state index contributed by atoms with van der Waals surface area (Å²) in [5, 5.41) is 5.84. The maximum atomic E-state index is 12.1. The summed E-state index contributed by atoms with van der Waals surface area (Å²) in [6.45, 7) is 0. The maximum absolute atomic E-state index is 12.1. The number of benzene rings is 2. The molecule has 4 nitrogen and oxygen atoms in total. The molecule has 0 aliphatic heterocycles. The minimum atomic E-state index is -0.137. The quantitative estimate of drug-likeness (QED) is 0.884. The zero-order valence-electron chi connectivity index (χ0n) is 10.9. The number of ether oxygens (including phenoxy) is 1. The fourth-order valence-corrected chi connectivity index (χ4v) is 1.69. The van der Waals surface area contributed by atoms with Crippen LogP contribution >= 0.6 is 0 Å². The van der Waals surface area contributed by atoms with Crippen molar-refractivity contribution in [2.75, 3.05) is 24.8 Å². The largest absolute Gasteiger partial charge is 0.497 e. The topological polar surface area (TPSA) is 50.4 Å². The molecule has 98 valence electrons. The number of anilines is 2. The molecule has 0 bridgehead atoms. The molecule has 0 aliphatic carbocycles. The molecule has 19 heavy (non-hydrogen) atoms. The second-order valence-corrected chi connectivity index (χ2v) is 4.01. The van der Waals surface area contributed by atoms with Crippen LogP contribution in [0.3, 0.4) is 0 Å². The van der Waals surface area contributed by atoms with E-state index in [4.69, 9.17) is 4.74 Å². The normalized spacial score (nSPS) is 9.79. The Hall–Kier alpha value is -2.49. The minimum Gasteiger partial charge on any atom is -0.497 e. The first-order chi connectivity index (χ1) is 9.22. The smallest absolute Gasteiger partial charge is 0.255 e. The third kappa shape index (κ3) is 3.25. The molecule has 0 saturated carbocycles. The molecule has 1 amide bonds. The standard InChI is InChI=1S/C15H16N2O2/c1-16-13-5-3-4-11(10-13)15(18)17-12-6-8-14(19-2)9-7-12/h3-10,16H,1-2H3,(H,17,18). The summed E-state index contributed by atoms with van der Waals surface area (Å²) in [4.78, 5) is 12.1. The molecule has 0 atom stereocenters. The van der Waals surface area contributed by atoms with Gasteiger partial charge in [0.1, 0.15) is 5.75 Å². The predicted octanol–water partition coefficient (Wildman–Crippen LogP) is 2.99. The average molecular weight is 256 g/mol. The molecular formula is C15H16N2O2. The van der Waals surface area contributed by atoms with Crippen LogP contribution in [0.15, 0.2) is 48.5 Å². The Morgan fingerprint density at radius 3 is 2.42 bits per heavy atom. The molecule has 2 aromatic carbocycles. The lowest BCUT2D eigenvalue weighted by molar-refractivity contribution is 0.102. The lowest BCUT2D eigenvalue weighted by atomic mass is 10.2. The first kappa shape index (κ1) is 13.0. The lowest BCUT2D eigenvalue weighted by Crippen LogP contribution is -2.11. The highest BCUT2D eigenvalue weighted by Crippen LogP contribution is 2.16. The fourth-order valence-electron chi connectivity index (χ4n) is 1.69. The summed E-state index contributed by atoms with van der Waals surface area (Å²) >= 11 is 0. The van der Waals surface area contributed by atoms with Gasteiger partial charge in [-0.05, 0) is 42.5 Å². The Balaban J connectivity index is 2.11. The van der Waals surface area contributed by atoms with Crippen LogP contribution in [-0.4, -0.2) is 20.1 Å². The highest BCUT2D eigenvalue weighted by molar-refractivity contribution is 6.04. The van der Waals surface area contributed by atoms with Gasteiger partial charge in [0.05, 0.1) is 7.11 Å². The fraction of sp³-hybridized carbons (Fsp3) is 0.133. The highest BCUT2D eigenvalue weighted by atomic mass is 16.5. The van der Waals surface area contributed by atoms with Gasteiger partial charge in [0.15, 0.2) is 0 Å². The third-order valence-electron chi connectivity index (χ3n) is 2.76. The van der Waals surface area contributed by atoms with Gasteiger partial charge in [0.25, 0.3) is 5.91 Å². The van der Waals surface area contributed by atoms with Crippen LogP contribution in [0.5, 0.6) is 5.75 Å². The monoisotopic (exact) mass is 256 g/mol. The van der Waals surface area contributed by atoms with Crippen LogP contribution in [0.4, 0.5) is 11.4 Å². The number of nitrogens with one attached hydrogen (secondary N) is 2. The van der Waals surface area contributed by atoms with Crippen LogP contribution in [0.1, 0.15) is 10.4 Å². The third-order valence-corrected chi connectivity index (χ3v) is 2.76. The van der Waals surface area contributed by atoms with Crippen LogP contribution in [0, 0.1) is 0 Å². The van der Waals surface area contributed by atoms with E-state index in [0.717, 1.165) is 17.1 Å². The van der Waals surface area contributed by atoms with E-state index in [1.165, 1.54) is 0 Å². The predicted molar refractivity (Wildman–Crippen MR) is 76.9 cm³/mol. The highest BCUT2D eigenvalue weighted by Gasteiger charge is 2.06. The van der Waals surface area contributed by atoms with Crippen LogP contribution < -0.4 is 15.4 Å². The van der Waals surface area contributed by atoms with Crippen molar-refractivity contribution in [3.8, 4) is 5.75 Å². The van der Waals surface area contributed by atoms with Gasteiger partial charge in [-0.25, -0.2) is 0 Å². The van der Waals surface area contributed by atoms with Crippen molar-refractivity contribution in [1.82, 2.24) is 0 Å². The number of hydrogen-bond acceptors (Lipinski definition) is 3. The van der Waals surface area contributed by atoms with Crippen molar-refractivity contribution in [3.63, 3.8) is 0 Å². The number of rotatable bonds is 4. The summed E-state index contributed by atoms with van der Waals surface area (Å²) in [5.74, 6) is 0.623. The molecular weight excluding hydrogens is 240 g/mol. The van der Waals surface area contributed by atoms with Gasteiger partial charge in [0, 0.05) is 24.0 Å². The van der Waals surface area contributed by atoms with Crippen molar-refractivity contribution in [1.29, 1.82) is 0 Å². The molecule has 2 rings (SSSR count). The van der Waals surface area contributed by atoms with E-state index >= 15 is 0 Å². The summed E-state index contributed by atoms with van der Waals surface area (Å²) in [6, 6.07) is 14.5. The Kier molecular flexibility index (Phi) is 4.03. The zero-order valence-corrected chi connectivity index (χ0v) is 10.9. The SMILES string of the molecule is CNc1cccc(C(=O)Nc2ccc(OC)cc2)c1. The van der Waals surface area contributed by atoms with E-state index in [1.807, 2.05) is 19.2 Å². The van der Waals surface area contributed by atoms with Crippen molar-refractivity contribution in [2.24, 2.45) is 0 Å². The van der Waals surface area contributed by atoms with Gasteiger partial charge in [-0.1, -0.05) is 6.07 Å². The number of carbonyl (C=O) groups excluding carboxylic acids is 1. The second kappa shape index (κ2) is 5.91. The van der Waals surface area contributed by atoms with Crippen LogP contribution in [-0.2, 0) is 0 Å². The average Bonchev–Trinajstić information content (AvgIpc) is 2.48. The van der Waals surface area contributed by atoms with E-state index < -0.39 is 0 Å². The molecule has 0 heterocycles. The van der Waals surface area contributed by atoms with Gasteiger partial charge in [-0.15, -0.1) is 0 Å². The van der Waals surface area contributed by atoms with Gasteiger partial charge in [-0.3, -0.25) is 4.79 Å². The molecule has 0 saturated heterocycles. The van der Waals surface area contributed by atoms with Gasteiger partial charge >= 0.3 is 0 Å². The summed E-state index contributed by atoms with van der Waals surface area (Å²) in [7, 11) is 3.43. The van der Waals surface area contributed by atoms with E-state index in [0.29, 0.717) is 5.56 Å². The summed E-state index contributed by atoms with van der Waals surface area (Å²) in [5.41, 5.74) is 2.26. The molecule has 4 heteroatoms. The van der Waals surface area contributed by atoms with Crippen molar-refractivity contribution in [2.45, 2.75) is 0 Å². The molecule has 2 N–H and O–H groups in total. The number of hydrogen-bond donors (Lipinski definition) is 2. The summed E-state index contributed by atoms with van der Waals surface area (Å²) in [6.07, 6.45) is 0. The van der Waals surface area contributed by atoms with Crippen LogP contribution in [0.2, 0.25) is 0 Å². The molecule has 0 spiro atoms. The molecule has 0 fully saturated rings. The van der Waals surface area contributed by atoms with Gasteiger partial charge in [0.2, 0.25) is 0 Å². The van der Waals surface area contributed by atoms with Gasteiger partial charge < -0.3 is 15.4 Å². The van der Waals surface area contributed by atoms with E-state index in [2.05, 4.69) is 10.6 Å². The molecule has 0 unspecified atom stereocenters. The second-order valence-electron chi connectivity index (χ2n) is 4.01.